The highest BCUT2D eigenvalue weighted by molar-refractivity contribution is 7.86. The predicted molar refractivity (Wildman–Crippen MR) is 61.6 cm³/mol. The molecule has 1 rings (SSSR count). The van der Waals surface area contributed by atoms with Gasteiger partial charge in [-0.15, -0.1) is 0 Å². The van der Waals surface area contributed by atoms with Gasteiger partial charge in [0.15, 0.2) is 0 Å². The van der Waals surface area contributed by atoms with Crippen LogP contribution in [0.2, 0.25) is 0 Å². The first kappa shape index (κ1) is 15.1. The molecule has 0 bridgehead atoms. The third-order valence-corrected chi connectivity index (χ3v) is 4.33. The molecular weight excluding hydrogens is 284 g/mol. The highest BCUT2D eigenvalue weighted by Crippen LogP contribution is 2.27. The quantitative estimate of drug-likeness (QED) is 0.668. The Bertz CT molecular complexity index is 658. The van der Waals surface area contributed by atoms with Crippen molar-refractivity contribution in [1.82, 2.24) is 0 Å². The van der Waals surface area contributed by atoms with Gasteiger partial charge < -0.3 is 5.11 Å². The summed E-state index contributed by atoms with van der Waals surface area (Å²) in [6, 6.07) is 2.16. The van der Waals surface area contributed by atoms with Crippen LogP contribution in [-0.4, -0.2) is 37.7 Å². The van der Waals surface area contributed by atoms with Crippen LogP contribution in [0.4, 0.5) is 0 Å². The van der Waals surface area contributed by atoms with Crippen LogP contribution in [0, 0.1) is 6.92 Å². The zero-order chi connectivity index (χ0) is 14.1. The Balaban J connectivity index is 3.81. The van der Waals surface area contributed by atoms with Gasteiger partial charge in [0.25, 0.3) is 20.2 Å². The van der Waals surface area contributed by atoms with Gasteiger partial charge in [-0.25, -0.2) is 0 Å². The number of aliphatic hydroxyl groups excluding tert-OH is 1. The fourth-order valence-corrected chi connectivity index (χ4v) is 3.49. The van der Waals surface area contributed by atoms with Gasteiger partial charge in [-0.05, 0) is 30.5 Å². The lowest BCUT2D eigenvalue weighted by molar-refractivity contribution is 0.297. The van der Waals surface area contributed by atoms with Crippen LogP contribution >= 0.6 is 0 Å². The van der Waals surface area contributed by atoms with Crippen LogP contribution < -0.4 is 0 Å². The lowest BCUT2D eigenvalue weighted by Gasteiger charge is -2.12. The van der Waals surface area contributed by atoms with Crippen molar-refractivity contribution in [3.05, 3.63) is 23.3 Å². The van der Waals surface area contributed by atoms with E-state index in [1.165, 1.54) is 6.92 Å². The number of hydrogen-bond donors (Lipinski definition) is 3. The molecule has 102 valence electrons. The Labute approximate surface area is 105 Å². The standard InChI is InChI=1S/C9H12O7S2/c1-6-2-3-8(17(11,12)13)7(4-5-10)9(6)18(14,15)16/h2-3,10H,4-5H2,1H3,(H,11,12,13)(H,14,15,16). The second kappa shape index (κ2) is 4.94. The maximum absolute atomic E-state index is 11.2. The molecule has 0 aliphatic heterocycles. The van der Waals surface area contributed by atoms with Gasteiger partial charge in [-0.2, -0.15) is 16.8 Å². The average Bonchev–Trinajstić information content (AvgIpc) is 2.13. The Morgan fingerprint density at radius 1 is 1.06 bits per heavy atom. The van der Waals surface area contributed by atoms with Gasteiger partial charge in [0.1, 0.15) is 4.90 Å². The highest BCUT2D eigenvalue weighted by Gasteiger charge is 2.25. The molecule has 7 nitrogen and oxygen atoms in total. The van der Waals surface area contributed by atoms with Gasteiger partial charge in [-0.1, -0.05) is 6.07 Å². The van der Waals surface area contributed by atoms with E-state index >= 15 is 0 Å². The van der Waals surface area contributed by atoms with Gasteiger partial charge in [0.2, 0.25) is 0 Å². The molecule has 0 atom stereocenters. The zero-order valence-corrected chi connectivity index (χ0v) is 11.0. The zero-order valence-electron chi connectivity index (χ0n) is 9.36. The van der Waals surface area contributed by atoms with Crippen molar-refractivity contribution in [1.29, 1.82) is 0 Å². The van der Waals surface area contributed by atoms with Crippen LogP contribution in [0.15, 0.2) is 21.9 Å². The Morgan fingerprint density at radius 3 is 2.00 bits per heavy atom. The van der Waals surface area contributed by atoms with Crippen LogP contribution in [0.1, 0.15) is 11.1 Å². The van der Waals surface area contributed by atoms with Crippen molar-refractivity contribution < 1.29 is 31.0 Å². The minimum Gasteiger partial charge on any atom is -0.396 e. The van der Waals surface area contributed by atoms with Gasteiger partial charge >= 0.3 is 0 Å². The van der Waals surface area contributed by atoms with E-state index in [9.17, 15) is 16.8 Å². The van der Waals surface area contributed by atoms with E-state index in [1.807, 2.05) is 0 Å². The molecule has 0 fully saturated rings. The second-order valence-corrected chi connectivity index (χ2v) is 6.36. The first-order valence-corrected chi connectivity index (χ1v) is 7.65. The third-order valence-electron chi connectivity index (χ3n) is 2.31. The van der Waals surface area contributed by atoms with Gasteiger partial charge in [0, 0.05) is 6.61 Å². The normalized spacial score (nSPS) is 12.7. The second-order valence-electron chi connectivity index (χ2n) is 3.61. The van der Waals surface area contributed by atoms with Crippen molar-refractivity contribution in [2.24, 2.45) is 0 Å². The maximum atomic E-state index is 11.2. The van der Waals surface area contributed by atoms with Crippen LogP contribution in [0.25, 0.3) is 0 Å². The molecule has 18 heavy (non-hydrogen) atoms. The third kappa shape index (κ3) is 3.06. The molecule has 1 aromatic carbocycles. The monoisotopic (exact) mass is 296 g/mol. The molecule has 0 radical (unpaired) electrons. The molecule has 0 aromatic heterocycles. The summed E-state index contributed by atoms with van der Waals surface area (Å²) >= 11 is 0. The average molecular weight is 296 g/mol. The summed E-state index contributed by atoms with van der Waals surface area (Å²) in [5.41, 5.74) is -0.212. The predicted octanol–water partition coefficient (Wildman–Crippen LogP) is 0.0232. The topological polar surface area (TPSA) is 129 Å². The smallest absolute Gasteiger partial charge is 0.295 e. The van der Waals surface area contributed by atoms with Crippen LogP contribution in [-0.2, 0) is 26.7 Å². The number of aliphatic hydroxyl groups is 1. The van der Waals surface area contributed by atoms with E-state index in [0.717, 1.165) is 12.1 Å². The van der Waals surface area contributed by atoms with Crippen molar-refractivity contribution >= 4 is 20.2 Å². The minimum atomic E-state index is -4.66. The lowest BCUT2D eigenvalue weighted by Crippen LogP contribution is -2.13. The summed E-state index contributed by atoms with van der Waals surface area (Å²) < 4.78 is 62.8. The molecule has 0 saturated carbocycles. The van der Waals surface area contributed by atoms with Crippen molar-refractivity contribution in [3.63, 3.8) is 0 Å². The Morgan fingerprint density at radius 2 is 1.61 bits per heavy atom. The van der Waals surface area contributed by atoms with E-state index in [0.29, 0.717) is 0 Å². The number of hydrogen-bond acceptors (Lipinski definition) is 5. The number of rotatable bonds is 4. The van der Waals surface area contributed by atoms with E-state index in [-0.39, 0.29) is 17.5 Å². The van der Waals surface area contributed by atoms with E-state index in [1.54, 1.807) is 0 Å². The first-order chi connectivity index (χ1) is 8.09. The molecule has 0 saturated heterocycles. The summed E-state index contributed by atoms with van der Waals surface area (Å²) in [6.07, 6.45) is -0.327. The van der Waals surface area contributed by atoms with Gasteiger partial charge in [-0.3, -0.25) is 9.11 Å². The number of benzene rings is 1. The molecule has 0 aliphatic carbocycles. The first-order valence-electron chi connectivity index (χ1n) is 4.77. The maximum Gasteiger partial charge on any atom is 0.295 e. The van der Waals surface area contributed by atoms with Crippen molar-refractivity contribution in [2.45, 2.75) is 23.1 Å². The number of aryl methyl sites for hydroxylation is 1. The van der Waals surface area contributed by atoms with Crippen LogP contribution in [0.3, 0.4) is 0 Å². The molecule has 1 aromatic rings. The van der Waals surface area contributed by atoms with Gasteiger partial charge in [0.05, 0.1) is 4.90 Å². The summed E-state index contributed by atoms with van der Waals surface area (Å²) in [4.78, 5) is -1.25. The lowest BCUT2D eigenvalue weighted by atomic mass is 10.1. The Kier molecular flexibility index (Phi) is 4.13. The molecule has 0 aliphatic rings. The summed E-state index contributed by atoms with van der Waals surface area (Å²) in [5, 5.41) is 8.84. The van der Waals surface area contributed by atoms with Crippen molar-refractivity contribution in [2.75, 3.05) is 6.61 Å². The molecule has 0 unspecified atom stereocenters. The highest BCUT2D eigenvalue weighted by atomic mass is 32.2. The minimum absolute atomic E-state index is 0.119. The Hall–Kier alpha value is -1.00. The summed E-state index contributed by atoms with van der Waals surface area (Å²) in [6.45, 7) is 0.826. The molecule has 0 amide bonds. The SMILES string of the molecule is Cc1ccc(S(=O)(=O)O)c(CCO)c1S(=O)(=O)O. The summed E-state index contributed by atoms with van der Waals surface area (Å²) in [7, 11) is -9.30. The fourth-order valence-electron chi connectivity index (χ4n) is 1.68. The van der Waals surface area contributed by atoms with E-state index in [2.05, 4.69) is 0 Å². The largest absolute Gasteiger partial charge is 0.396 e. The molecule has 0 heterocycles. The summed E-state index contributed by atoms with van der Waals surface area (Å²) in [5.74, 6) is 0. The van der Waals surface area contributed by atoms with Crippen LogP contribution in [0.5, 0.6) is 0 Å². The molecule has 3 N–H and O–H groups in total. The molecule has 9 heteroatoms. The molecule has 0 spiro atoms. The van der Waals surface area contributed by atoms with E-state index < -0.39 is 36.6 Å². The van der Waals surface area contributed by atoms with Crippen molar-refractivity contribution in [3.8, 4) is 0 Å². The molecular formula is C9H12O7S2. The fraction of sp³-hybridized carbons (Fsp3) is 0.333. The van der Waals surface area contributed by atoms with E-state index in [4.69, 9.17) is 14.2 Å².